The molecule has 1 aromatic carbocycles. The SMILES string of the molecule is COc1cc(S(=O)(=O)N2CCCCO2)ccc1N. The molecule has 2 N–H and O–H groups in total. The number of anilines is 1. The molecule has 1 fully saturated rings. The van der Waals surface area contributed by atoms with E-state index in [2.05, 4.69) is 0 Å². The second-order valence-electron chi connectivity index (χ2n) is 3.98. The van der Waals surface area contributed by atoms with Crippen molar-refractivity contribution in [3.8, 4) is 5.75 Å². The molecule has 1 heterocycles. The molecular formula is C11H16N2O4S. The van der Waals surface area contributed by atoms with Crippen LogP contribution in [-0.2, 0) is 14.9 Å². The van der Waals surface area contributed by atoms with Gasteiger partial charge < -0.3 is 10.5 Å². The zero-order chi connectivity index (χ0) is 13.2. The highest BCUT2D eigenvalue weighted by atomic mass is 32.2. The number of hydroxylamine groups is 1. The molecule has 0 unspecified atom stereocenters. The lowest BCUT2D eigenvalue weighted by Gasteiger charge is -2.25. The Morgan fingerprint density at radius 3 is 2.78 bits per heavy atom. The number of sulfonamides is 1. The van der Waals surface area contributed by atoms with Gasteiger partial charge in [0.15, 0.2) is 0 Å². The first-order valence-electron chi connectivity index (χ1n) is 5.65. The number of hydrogen-bond donors (Lipinski definition) is 1. The van der Waals surface area contributed by atoms with Crippen molar-refractivity contribution < 1.29 is 18.0 Å². The van der Waals surface area contributed by atoms with Gasteiger partial charge in [0.2, 0.25) is 0 Å². The predicted octanol–water partition coefficient (Wildman–Crippen LogP) is 0.994. The number of benzene rings is 1. The van der Waals surface area contributed by atoms with Crippen LogP contribution in [0.25, 0.3) is 0 Å². The molecule has 18 heavy (non-hydrogen) atoms. The maximum absolute atomic E-state index is 12.3. The van der Waals surface area contributed by atoms with Gasteiger partial charge in [0, 0.05) is 12.6 Å². The van der Waals surface area contributed by atoms with Crippen molar-refractivity contribution in [2.24, 2.45) is 0 Å². The monoisotopic (exact) mass is 272 g/mol. The molecule has 0 saturated carbocycles. The lowest BCUT2D eigenvalue weighted by molar-refractivity contribution is -0.108. The summed E-state index contributed by atoms with van der Waals surface area (Å²) in [6, 6.07) is 4.36. The first-order chi connectivity index (χ1) is 8.55. The Bertz CT molecular complexity index is 524. The summed E-state index contributed by atoms with van der Waals surface area (Å²) in [7, 11) is -2.19. The number of hydrogen-bond acceptors (Lipinski definition) is 5. The fourth-order valence-corrected chi connectivity index (χ4v) is 3.05. The highest BCUT2D eigenvalue weighted by molar-refractivity contribution is 7.89. The summed E-state index contributed by atoms with van der Waals surface area (Å²) in [5, 5.41) is 0. The van der Waals surface area contributed by atoms with Gasteiger partial charge in [0.05, 0.1) is 24.3 Å². The highest BCUT2D eigenvalue weighted by Gasteiger charge is 2.27. The molecular weight excluding hydrogens is 256 g/mol. The Morgan fingerprint density at radius 2 is 2.17 bits per heavy atom. The quantitative estimate of drug-likeness (QED) is 0.830. The van der Waals surface area contributed by atoms with Crippen LogP contribution in [0.2, 0.25) is 0 Å². The van der Waals surface area contributed by atoms with E-state index in [1.165, 1.54) is 25.3 Å². The fourth-order valence-electron chi connectivity index (χ4n) is 1.73. The van der Waals surface area contributed by atoms with Crippen LogP contribution in [0.3, 0.4) is 0 Å². The van der Waals surface area contributed by atoms with Crippen molar-refractivity contribution in [2.45, 2.75) is 17.7 Å². The zero-order valence-electron chi connectivity index (χ0n) is 10.1. The third kappa shape index (κ3) is 2.43. The summed E-state index contributed by atoms with van der Waals surface area (Å²) in [6.07, 6.45) is 1.67. The van der Waals surface area contributed by atoms with Gasteiger partial charge in [-0.3, -0.25) is 4.84 Å². The highest BCUT2D eigenvalue weighted by Crippen LogP contribution is 2.27. The smallest absolute Gasteiger partial charge is 0.265 e. The van der Waals surface area contributed by atoms with Gasteiger partial charge in [-0.2, -0.15) is 0 Å². The molecule has 1 saturated heterocycles. The summed E-state index contributed by atoms with van der Waals surface area (Å²) in [5.74, 6) is 0.341. The lowest BCUT2D eigenvalue weighted by atomic mass is 10.3. The lowest BCUT2D eigenvalue weighted by Crippen LogP contribution is -2.35. The van der Waals surface area contributed by atoms with Gasteiger partial charge in [-0.1, -0.05) is 4.47 Å². The molecule has 0 spiro atoms. The standard InChI is InChI=1S/C11H16N2O4S/c1-16-11-8-9(4-5-10(11)12)18(14,15)13-6-2-3-7-17-13/h4-5,8H,2-3,6-7,12H2,1H3. The van der Waals surface area contributed by atoms with E-state index in [9.17, 15) is 8.42 Å². The minimum absolute atomic E-state index is 0.121. The third-order valence-corrected chi connectivity index (χ3v) is 4.41. The number of nitrogens with two attached hydrogens (primary N) is 1. The molecule has 2 rings (SSSR count). The maximum atomic E-state index is 12.3. The van der Waals surface area contributed by atoms with Crippen LogP contribution in [-0.4, -0.2) is 33.1 Å². The average molecular weight is 272 g/mol. The number of nitrogens with zero attached hydrogens (tertiary/aromatic N) is 1. The molecule has 1 aliphatic rings. The summed E-state index contributed by atoms with van der Waals surface area (Å²) < 4.78 is 30.6. The van der Waals surface area contributed by atoms with Gasteiger partial charge in [0.25, 0.3) is 10.0 Å². The van der Waals surface area contributed by atoms with E-state index in [1.54, 1.807) is 0 Å². The molecule has 6 nitrogen and oxygen atoms in total. The van der Waals surface area contributed by atoms with Gasteiger partial charge in [-0.05, 0) is 25.0 Å². The Balaban J connectivity index is 2.34. The summed E-state index contributed by atoms with van der Waals surface area (Å²) in [6.45, 7) is 0.792. The number of methoxy groups -OCH3 is 1. The zero-order valence-corrected chi connectivity index (χ0v) is 10.9. The van der Waals surface area contributed by atoms with Crippen molar-refractivity contribution in [1.29, 1.82) is 0 Å². The summed E-state index contributed by atoms with van der Waals surface area (Å²) in [5.41, 5.74) is 6.06. The first-order valence-corrected chi connectivity index (χ1v) is 7.09. The van der Waals surface area contributed by atoms with Crippen molar-refractivity contribution in [3.63, 3.8) is 0 Å². The minimum atomic E-state index is -3.64. The van der Waals surface area contributed by atoms with Crippen molar-refractivity contribution >= 4 is 15.7 Å². The second kappa shape index (κ2) is 5.13. The molecule has 0 amide bonds. The van der Waals surface area contributed by atoms with Crippen LogP contribution in [0.15, 0.2) is 23.1 Å². The Morgan fingerprint density at radius 1 is 1.39 bits per heavy atom. The van der Waals surface area contributed by atoms with E-state index < -0.39 is 10.0 Å². The molecule has 1 aliphatic heterocycles. The summed E-state index contributed by atoms with van der Waals surface area (Å²) in [4.78, 5) is 5.29. The van der Waals surface area contributed by atoms with E-state index in [-0.39, 0.29) is 4.90 Å². The van der Waals surface area contributed by atoms with Crippen LogP contribution in [0, 0.1) is 0 Å². The fraction of sp³-hybridized carbons (Fsp3) is 0.455. The summed E-state index contributed by atoms with van der Waals surface area (Å²) >= 11 is 0. The molecule has 0 aliphatic carbocycles. The Hall–Kier alpha value is -1.31. The largest absolute Gasteiger partial charge is 0.495 e. The topological polar surface area (TPSA) is 81.9 Å². The van der Waals surface area contributed by atoms with Crippen LogP contribution >= 0.6 is 0 Å². The minimum Gasteiger partial charge on any atom is -0.495 e. The molecule has 7 heteroatoms. The van der Waals surface area contributed by atoms with Gasteiger partial charge in [0.1, 0.15) is 5.75 Å². The molecule has 0 radical (unpaired) electrons. The normalized spacial score (nSPS) is 17.6. The van der Waals surface area contributed by atoms with E-state index >= 15 is 0 Å². The van der Waals surface area contributed by atoms with E-state index in [0.29, 0.717) is 24.6 Å². The van der Waals surface area contributed by atoms with E-state index in [1.807, 2.05) is 0 Å². The molecule has 100 valence electrons. The Kier molecular flexibility index (Phi) is 3.74. The molecule has 0 atom stereocenters. The average Bonchev–Trinajstić information content (AvgIpc) is 2.40. The van der Waals surface area contributed by atoms with Crippen LogP contribution < -0.4 is 10.5 Å². The van der Waals surface area contributed by atoms with Crippen molar-refractivity contribution in [2.75, 3.05) is 26.0 Å². The van der Waals surface area contributed by atoms with E-state index in [0.717, 1.165) is 17.3 Å². The van der Waals surface area contributed by atoms with E-state index in [4.69, 9.17) is 15.3 Å². The number of rotatable bonds is 3. The third-order valence-electron chi connectivity index (χ3n) is 2.74. The van der Waals surface area contributed by atoms with Crippen molar-refractivity contribution in [3.05, 3.63) is 18.2 Å². The van der Waals surface area contributed by atoms with Crippen molar-refractivity contribution in [1.82, 2.24) is 4.47 Å². The molecule has 0 bridgehead atoms. The number of nitrogen functional groups attached to an aromatic ring is 1. The van der Waals surface area contributed by atoms with Gasteiger partial charge >= 0.3 is 0 Å². The van der Waals surface area contributed by atoms with Gasteiger partial charge in [-0.25, -0.2) is 8.42 Å². The maximum Gasteiger partial charge on any atom is 0.265 e. The second-order valence-corrected chi connectivity index (χ2v) is 5.80. The van der Waals surface area contributed by atoms with Crippen LogP contribution in [0.1, 0.15) is 12.8 Å². The molecule has 0 aromatic heterocycles. The Labute approximate surface area is 106 Å². The van der Waals surface area contributed by atoms with Crippen LogP contribution in [0.4, 0.5) is 5.69 Å². The predicted molar refractivity (Wildman–Crippen MR) is 66.5 cm³/mol. The molecule has 1 aromatic rings. The van der Waals surface area contributed by atoms with Gasteiger partial charge in [-0.15, -0.1) is 0 Å². The number of ether oxygens (including phenoxy) is 1. The first kappa shape index (κ1) is 13.1. The van der Waals surface area contributed by atoms with Crippen LogP contribution in [0.5, 0.6) is 5.75 Å².